The third-order valence-corrected chi connectivity index (χ3v) is 3.71. The van der Waals surface area contributed by atoms with Crippen LogP contribution in [0, 0.1) is 10.1 Å². The number of nitrogens with one attached hydrogen (secondary N) is 1. The molecule has 0 saturated carbocycles. The summed E-state index contributed by atoms with van der Waals surface area (Å²) in [4.78, 5) is 41.0. The Balaban J connectivity index is 1.96. The van der Waals surface area contributed by atoms with Gasteiger partial charge >= 0.3 is 0 Å². The van der Waals surface area contributed by atoms with Gasteiger partial charge in [0.05, 0.1) is 4.92 Å². The van der Waals surface area contributed by atoms with E-state index in [9.17, 15) is 19.7 Å². The number of hydrogen-bond donors (Lipinski definition) is 3. The highest BCUT2D eigenvalue weighted by Gasteiger charge is 2.30. The zero-order chi connectivity index (χ0) is 17.0. The molecule has 10 nitrogen and oxygen atoms in total. The number of nitro groups is 1. The van der Waals surface area contributed by atoms with Crippen LogP contribution in [0.2, 0.25) is 0 Å². The van der Waals surface area contributed by atoms with Gasteiger partial charge in [-0.25, -0.2) is 0 Å². The Hall–Kier alpha value is -2.95. The maximum absolute atomic E-state index is 11.9. The number of amides is 2. The fraction of sp³-hybridized carbons (Fsp3) is 0.167. The SMILES string of the molecule is NC(N)=NC1=NC(=O)[C@@H](CC(=O)Nc2cccc([N+](=O)[O-])c2)S1. The van der Waals surface area contributed by atoms with Crippen LogP contribution in [0.1, 0.15) is 6.42 Å². The Morgan fingerprint density at radius 3 is 2.87 bits per heavy atom. The van der Waals surface area contributed by atoms with Crippen LogP contribution in [-0.4, -0.2) is 33.1 Å². The summed E-state index contributed by atoms with van der Waals surface area (Å²) in [6.45, 7) is 0. The maximum Gasteiger partial charge on any atom is 0.271 e. The second-order valence-electron chi connectivity index (χ2n) is 4.44. The van der Waals surface area contributed by atoms with Crippen molar-refractivity contribution in [2.45, 2.75) is 11.7 Å². The number of nitrogens with two attached hydrogens (primary N) is 2. The number of rotatable bonds is 4. The van der Waals surface area contributed by atoms with Gasteiger partial charge in [-0.1, -0.05) is 17.8 Å². The number of non-ortho nitro benzene ring substituents is 1. The molecule has 1 aliphatic heterocycles. The zero-order valence-electron chi connectivity index (χ0n) is 11.6. The molecule has 0 saturated heterocycles. The quantitative estimate of drug-likeness (QED) is 0.305. The summed E-state index contributed by atoms with van der Waals surface area (Å²) in [7, 11) is 0. The molecule has 1 atom stereocenters. The van der Waals surface area contributed by atoms with E-state index < -0.39 is 22.0 Å². The van der Waals surface area contributed by atoms with Gasteiger partial charge in [-0.3, -0.25) is 19.7 Å². The van der Waals surface area contributed by atoms with Crippen molar-refractivity contribution in [3.63, 3.8) is 0 Å². The normalized spacial score (nSPS) is 16.6. The van der Waals surface area contributed by atoms with Gasteiger partial charge in [-0.15, -0.1) is 0 Å². The number of benzene rings is 1. The molecule has 0 spiro atoms. The monoisotopic (exact) mass is 336 g/mol. The number of anilines is 1. The van der Waals surface area contributed by atoms with Crippen molar-refractivity contribution in [1.82, 2.24) is 0 Å². The van der Waals surface area contributed by atoms with Gasteiger partial charge in [0.1, 0.15) is 5.25 Å². The van der Waals surface area contributed by atoms with Crippen molar-refractivity contribution in [1.29, 1.82) is 0 Å². The van der Waals surface area contributed by atoms with Gasteiger partial charge in [-0.2, -0.15) is 9.98 Å². The van der Waals surface area contributed by atoms with E-state index >= 15 is 0 Å². The first-order chi connectivity index (χ1) is 10.8. The van der Waals surface area contributed by atoms with Crippen LogP contribution in [-0.2, 0) is 9.59 Å². The minimum absolute atomic E-state index is 0.100. The molecule has 0 unspecified atom stereocenters. The molecule has 2 amide bonds. The predicted molar refractivity (Wildman–Crippen MR) is 86.0 cm³/mol. The number of hydrogen-bond acceptors (Lipinski definition) is 6. The zero-order valence-corrected chi connectivity index (χ0v) is 12.4. The van der Waals surface area contributed by atoms with Crippen molar-refractivity contribution in [2.75, 3.05) is 5.32 Å². The molecule has 0 radical (unpaired) electrons. The van der Waals surface area contributed by atoms with Crippen molar-refractivity contribution < 1.29 is 14.5 Å². The molecular weight excluding hydrogens is 324 g/mol. The lowest BCUT2D eigenvalue weighted by Gasteiger charge is -2.07. The average molecular weight is 336 g/mol. The minimum Gasteiger partial charge on any atom is -0.370 e. The topological polar surface area (TPSA) is 166 Å². The first kappa shape index (κ1) is 16.4. The average Bonchev–Trinajstić information content (AvgIpc) is 2.77. The second kappa shape index (κ2) is 6.87. The highest BCUT2D eigenvalue weighted by Crippen LogP contribution is 2.26. The highest BCUT2D eigenvalue weighted by molar-refractivity contribution is 8.15. The van der Waals surface area contributed by atoms with Gasteiger partial charge < -0.3 is 16.8 Å². The fourth-order valence-electron chi connectivity index (χ4n) is 1.74. The molecule has 11 heteroatoms. The van der Waals surface area contributed by atoms with E-state index in [1.54, 1.807) is 0 Å². The molecule has 5 N–H and O–H groups in total. The highest BCUT2D eigenvalue weighted by atomic mass is 32.2. The summed E-state index contributed by atoms with van der Waals surface area (Å²) in [6, 6.07) is 5.49. The van der Waals surface area contributed by atoms with Crippen LogP contribution in [0.3, 0.4) is 0 Å². The maximum atomic E-state index is 11.9. The Labute approximate surface area is 134 Å². The molecule has 23 heavy (non-hydrogen) atoms. The summed E-state index contributed by atoms with van der Waals surface area (Å²) >= 11 is 0.978. The molecule has 1 aromatic carbocycles. The number of thioether (sulfide) groups is 1. The lowest BCUT2D eigenvalue weighted by molar-refractivity contribution is -0.384. The Morgan fingerprint density at radius 2 is 2.22 bits per heavy atom. The lowest BCUT2D eigenvalue weighted by Crippen LogP contribution is -2.23. The summed E-state index contributed by atoms with van der Waals surface area (Å²) in [5.74, 6) is -1.22. The molecule has 0 aromatic heterocycles. The van der Waals surface area contributed by atoms with Gasteiger partial charge in [0.25, 0.3) is 11.6 Å². The number of nitrogens with zero attached hydrogens (tertiary/aromatic N) is 3. The molecule has 0 aliphatic carbocycles. The van der Waals surface area contributed by atoms with Crippen molar-refractivity contribution in [2.24, 2.45) is 21.5 Å². The van der Waals surface area contributed by atoms with E-state index in [0.29, 0.717) is 0 Å². The Bertz CT molecular complexity index is 728. The van der Waals surface area contributed by atoms with Crippen LogP contribution in [0.4, 0.5) is 11.4 Å². The molecule has 2 rings (SSSR count). The standard InChI is InChI=1S/C12H12N6O4S/c13-11(14)17-12-16-10(20)8(23-12)5-9(19)15-6-2-1-3-7(4-6)18(21)22/h1-4,8H,5H2,(H,15,19)(H4,13,14,16,17,20)/t8-/m1/s1. The van der Waals surface area contributed by atoms with E-state index in [4.69, 9.17) is 11.5 Å². The van der Waals surface area contributed by atoms with Crippen LogP contribution >= 0.6 is 11.8 Å². The van der Waals surface area contributed by atoms with Crippen LogP contribution in [0.25, 0.3) is 0 Å². The van der Waals surface area contributed by atoms with Crippen LogP contribution < -0.4 is 16.8 Å². The summed E-state index contributed by atoms with van der Waals surface area (Å²) in [5, 5.41) is 12.5. The van der Waals surface area contributed by atoms with E-state index in [-0.39, 0.29) is 28.9 Å². The molecular formula is C12H12N6O4S. The third-order valence-electron chi connectivity index (χ3n) is 2.67. The van der Waals surface area contributed by atoms with E-state index in [2.05, 4.69) is 15.3 Å². The summed E-state index contributed by atoms with van der Waals surface area (Å²) in [5.41, 5.74) is 10.5. The molecule has 1 aromatic rings. The van der Waals surface area contributed by atoms with Gasteiger partial charge in [0.15, 0.2) is 11.1 Å². The fourth-order valence-corrected chi connectivity index (χ4v) is 2.68. The first-order valence-electron chi connectivity index (χ1n) is 6.28. The number of amidine groups is 1. The van der Waals surface area contributed by atoms with Crippen LogP contribution in [0.15, 0.2) is 34.3 Å². The number of aliphatic imine (C=N–C) groups is 2. The third kappa shape index (κ3) is 4.51. The second-order valence-corrected chi connectivity index (χ2v) is 5.61. The smallest absolute Gasteiger partial charge is 0.271 e. The van der Waals surface area contributed by atoms with Crippen molar-refractivity contribution >= 4 is 46.1 Å². The molecule has 1 aliphatic rings. The number of carbonyl (C=O) groups is 2. The van der Waals surface area contributed by atoms with Gasteiger partial charge in [0, 0.05) is 24.2 Å². The Morgan fingerprint density at radius 1 is 1.48 bits per heavy atom. The van der Waals surface area contributed by atoms with E-state index in [1.165, 1.54) is 24.3 Å². The lowest BCUT2D eigenvalue weighted by atomic mass is 10.2. The Kier molecular flexibility index (Phi) is 4.91. The van der Waals surface area contributed by atoms with Gasteiger partial charge in [-0.05, 0) is 6.07 Å². The summed E-state index contributed by atoms with van der Waals surface area (Å²) in [6.07, 6.45) is -0.154. The molecule has 120 valence electrons. The minimum atomic E-state index is -0.730. The molecule has 0 bridgehead atoms. The number of guanidine groups is 1. The number of nitro benzene ring substituents is 1. The number of carbonyl (C=O) groups excluding carboxylic acids is 2. The molecule has 1 heterocycles. The largest absolute Gasteiger partial charge is 0.370 e. The van der Waals surface area contributed by atoms with Gasteiger partial charge in [0.2, 0.25) is 5.91 Å². The van der Waals surface area contributed by atoms with E-state index in [1.807, 2.05) is 0 Å². The van der Waals surface area contributed by atoms with E-state index in [0.717, 1.165) is 11.8 Å². The first-order valence-corrected chi connectivity index (χ1v) is 7.16. The van der Waals surface area contributed by atoms with Crippen LogP contribution in [0.5, 0.6) is 0 Å². The van der Waals surface area contributed by atoms with Crippen molar-refractivity contribution in [3.8, 4) is 0 Å². The predicted octanol–water partition coefficient (Wildman–Crippen LogP) is 0.195. The molecule has 0 fully saturated rings. The van der Waals surface area contributed by atoms with Crippen molar-refractivity contribution in [3.05, 3.63) is 34.4 Å². The summed E-state index contributed by atoms with van der Waals surface area (Å²) < 4.78 is 0.